The standard InChI is InChI=1S/C14H36N2Si2Te.C7H19NSi.C7H18NSi.3CH4.I2Te.2HI.4Li.2H/c1-13(2,3)15(17(7,8)9)19-16(14(4,5)6)18(10,11)12;2*1-7(2,3)8-9(4,5)6;;;;1-2-3;;;;;;;;/h1-12H3;8H,1-6H3;1-6H3;3*1H4;;2*1H;;;;;;/q;;-1;;;;;;;4*+1;2*-1/p-1. The quantitative estimate of drug-likeness (QED) is 0.268. The molecule has 0 fully saturated rings. The molecule has 49 heavy (non-hydrogen) atoms. The van der Waals surface area contributed by atoms with Crippen molar-refractivity contribution in [1.29, 1.82) is 0 Å². The molecule has 0 heterocycles. The third kappa shape index (κ3) is 70.5. The molecule has 0 unspecified atom stereocenters. The van der Waals surface area contributed by atoms with Crippen molar-refractivity contribution in [3.05, 3.63) is 4.98 Å². The number of halogens is 4. The van der Waals surface area contributed by atoms with Gasteiger partial charge in [0.2, 0.25) is 0 Å². The maximum absolute atomic E-state index is 4.68. The first kappa shape index (κ1) is 92.0. The fraction of sp³-hybridized carbons (Fsp3) is 1.00. The molecule has 0 saturated carbocycles. The molecular formula is C31H88I4Li4N4Si4Te2. The second kappa shape index (κ2) is 38.5. The molecule has 0 atom stereocenters. The Bertz CT molecular complexity index is 622. The Hall–Kier alpha value is 7.60. The van der Waals surface area contributed by atoms with Crippen LogP contribution in [0.1, 0.15) is 108 Å². The van der Waals surface area contributed by atoms with Crippen LogP contribution in [-0.4, -0.2) is 99.9 Å². The average molecular weight is 1420 g/mol. The Labute approximate surface area is 443 Å². The van der Waals surface area contributed by atoms with E-state index in [1.165, 1.54) is 0 Å². The zero-order chi connectivity index (χ0) is 34.0. The second-order valence-corrected chi connectivity index (χ2v) is 59.5. The number of hydrogen-bond donors (Lipinski definition) is 1. The van der Waals surface area contributed by atoms with Gasteiger partial charge >= 0.3 is 260 Å². The minimum atomic E-state index is -1.27. The molecule has 1 N–H and O–H groups in total. The third-order valence-electron chi connectivity index (χ3n) is 4.02. The molecule has 0 aromatic carbocycles. The van der Waals surface area contributed by atoms with Gasteiger partial charge in [0, 0.05) is 5.54 Å². The molecule has 292 valence electrons. The molecule has 0 aliphatic carbocycles. The fourth-order valence-electron chi connectivity index (χ4n) is 4.72. The van der Waals surface area contributed by atoms with Crippen molar-refractivity contribution in [2.24, 2.45) is 0 Å². The monoisotopic (exact) mass is 1420 g/mol. The van der Waals surface area contributed by atoms with Crippen molar-refractivity contribution >= 4 is 127 Å². The molecule has 0 radical (unpaired) electrons. The topological polar surface area (TPSA) is 32.6 Å². The molecule has 0 aromatic rings. The molecule has 18 heteroatoms. The normalized spacial score (nSPS) is 11.5. The van der Waals surface area contributed by atoms with E-state index >= 15 is 0 Å². The Morgan fingerprint density at radius 1 is 0.612 bits per heavy atom. The molecule has 0 bridgehead atoms. The maximum atomic E-state index is 4.68. The first-order chi connectivity index (χ1) is 16.8. The summed E-state index contributed by atoms with van der Waals surface area (Å²) in [5.41, 5.74) is 1.07. The van der Waals surface area contributed by atoms with E-state index in [1.54, 1.807) is 0 Å². The van der Waals surface area contributed by atoms with Gasteiger partial charge in [-0.15, -0.1) is 29.5 Å². The van der Waals surface area contributed by atoms with Crippen molar-refractivity contribution in [3.8, 4) is 0 Å². The van der Waals surface area contributed by atoms with E-state index in [1.807, 2.05) is 0 Å². The molecule has 0 aliphatic heterocycles. The number of rotatable bonds is 6. The average Bonchev–Trinajstić information content (AvgIpc) is 2.43. The molecule has 0 amide bonds. The van der Waals surface area contributed by atoms with Crippen LogP contribution in [-0.2, 0) is 0 Å². The summed E-state index contributed by atoms with van der Waals surface area (Å²) < 4.78 is 5.79. The van der Waals surface area contributed by atoms with Crippen LogP contribution < -0.4 is 104 Å². The van der Waals surface area contributed by atoms with Crippen molar-refractivity contribution in [1.82, 2.24) is 10.6 Å². The van der Waals surface area contributed by atoms with Crippen molar-refractivity contribution < 1.29 is 102 Å². The van der Waals surface area contributed by atoms with E-state index in [0.29, 0.717) is 29.3 Å². The molecule has 0 spiro atoms. The van der Waals surface area contributed by atoms with Crippen LogP contribution in [0, 0.1) is 0 Å². The van der Waals surface area contributed by atoms with Gasteiger partial charge in [-0.2, -0.15) is 0 Å². The van der Waals surface area contributed by atoms with E-state index in [0.717, 1.165) is 0 Å². The van der Waals surface area contributed by atoms with Crippen LogP contribution in [0.2, 0.25) is 78.6 Å². The third-order valence-corrected chi connectivity index (χ3v) is 25.2. The number of hydrogen-bond acceptors (Lipinski definition) is 3. The van der Waals surface area contributed by atoms with Gasteiger partial charge in [-0.25, -0.2) is 0 Å². The number of nitrogens with one attached hydrogen (secondary N) is 1. The molecule has 0 saturated heterocycles. The molecule has 4 nitrogen and oxygen atoms in total. The predicted octanol–water partition coefficient (Wildman–Crippen LogP) is -1.24. The zero-order valence-electron chi connectivity index (χ0n) is 38.2. The van der Waals surface area contributed by atoms with Crippen molar-refractivity contribution in [3.63, 3.8) is 0 Å². The van der Waals surface area contributed by atoms with Crippen LogP contribution in [0.5, 0.6) is 0 Å². The first-order valence-electron chi connectivity index (χ1n) is 14.5. The van der Waals surface area contributed by atoms with Crippen LogP contribution in [0.25, 0.3) is 4.98 Å². The van der Waals surface area contributed by atoms with Gasteiger partial charge in [-0.1, -0.05) is 90.6 Å². The Balaban J connectivity index is -0.0000000273. The van der Waals surface area contributed by atoms with Crippen LogP contribution in [0.3, 0.4) is 0 Å². The summed E-state index contributed by atoms with van der Waals surface area (Å²) >= 11 is 4.85. The van der Waals surface area contributed by atoms with Gasteiger partial charge in [-0.05, 0) is 20.8 Å². The Kier molecular flexibility index (Phi) is 72.3. The van der Waals surface area contributed by atoms with Crippen LogP contribution in [0.4, 0.5) is 0 Å². The van der Waals surface area contributed by atoms with E-state index in [-0.39, 0.29) is 176 Å². The molecular weight excluding hydrogens is 1330 g/mol. The summed E-state index contributed by atoms with van der Waals surface area (Å²) in [6.45, 7) is 56.2. The van der Waals surface area contributed by atoms with Gasteiger partial charge in [0.05, 0.1) is 0 Å². The molecule has 0 aromatic heterocycles. The Morgan fingerprint density at radius 3 is 0.857 bits per heavy atom. The summed E-state index contributed by atoms with van der Waals surface area (Å²) in [6, 6.07) is 0. The second-order valence-electron chi connectivity index (χ2n) is 18.5. The minimum absolute atomic E-state index is 0. The van der Waals surface area contributed by atoms with E-state index < -0.39 is 32.9 Å². The fourth-order valence-corrected chi connectivity index (χ4v) is 21.2. The molecule has 0 rings (SSSR count). The predicted molar refractivity (Wildman–Crippen MR) is 260 cm³/mol. The van der Waals surface area contributed by atoms with Gasteiger partial charge in [0.25, 0.3) is 0 Å². The summed E-state index contributed by atoms with van der Waals surface area (Å²) in [6.07, 6.45) is 0. The van der Waals surface area contributed by atoms with Gasteiger partial charge in [0.1, 0.15) is 8.24 Å². The summed E-state index contributed by atoms with van der Waals surface area (Å²) in [4.78, 5) is 8.28. The summed E-state index contributed by atoms with van der Waals surface area (Å²) in [7, 11) is -4.75. The van der Waals surface area contributed by atoms with E-state index in [9.17, 15) is 0 Å². The summed E-state index contributed by atoms with van der Waals surface area (Å²) in [5, 5.41) is 0. The van der Waals surface area contributed by atoms with Gasteiger partial charge in [0.15, 0.2) is 0 Å². The van der Waals surface area contributed by atoms with Gasteiger partial charge in [-0.3, -0.25) is 0 Å². The van der Waals surface area contributed by atoms with Crippen LogP contribution in [0.15, 0.2) is 0 Å². The van der Waals surface area contributed by atoms with Crippen LogP contribution >= 0.6 is 55.3 Å². The first-order valence-corrected chi connectivity index (χ1v) is 43.5. The number of nitrogens with zero attached hydrogens (tertiary/aromatic N) is 3. The molecule has 0 aliphatic rings. The SMILES string of the molecule is C.C.C.CC(C)(C)N([Te]N(C(C)(C)C)[Si](C)(C)C)[Si](C)(C)C.CC(C)(C)N[Si](C)(C)C.CC(C)(C)[N-][Si](C)(C)C.I.[H-].[H-].[I-].[Li+].[Li+].[Li+].[Li+].[Te]=II. The zero-order valence-corrected chi connectivity index (χ0v) is 53.7. The Morgan fingerprint density at radius 2 is 0.816 bits per heavy atom. The van der Waals surface area contributed by atoms with Crippen molar-refractivity contribution in [2.45, 2.75) is 206 Å². The van der Waals surface area contributed by atoms with E-state index in [2.05, 4.69) is 214 Å². The summed E-state index contributed by atoms with van der Waals surface area (Å²) in [5.74, 6) is 0. The van der Waals surface area contributed by atoms with Crippen molar-refractivity contribution in [2.75, 3.05) is 0 Å². The van der Waals surface area contributed by atoms with Gasteiger partial charge < -0.3 is 36.8 Å². The van der Waals surface area contributed by atoms with E-state index in [4.69, 9.17) is 0 Å².